The van der Waals surface area contributed by atoms with Crippen molar-refractivity contribution in [2.24, 2.45) is 0 Å². The summed E-state index contributed by atoms with van der Waals surface area (Å²) in [7, 11) is 0. The summed E-state index contributed by atoms with van der Waals surface area (Å²) < 4.78 is 5.23. The molecule has 18 heavy (non-hydrogen) atoms. The third kappa shape index (κ3) is 5.77. The van der Waals surface area contributed by atoms with E-state index >= 15 is 0 Å². The molecule has 0 fully saturated rings. The van der Waals surface area contributed by atoms with Crippen molar-refractivity contribution in [2.45, 2.75) is 45.8 Å². The Labute approximate surface area is 109 Å². The standard InChI is InChI=1S/C14H22N2O2/c1-11(12-6-5-8-15-10-12)16-9-7-13(17)18-14(2,3)4/h5-6,8,10-11,16H,7,9H2,1-4H3/t11-/m0/s1. The third-order valence-corrected chi connectivity index (χ3v) is 2.38. The molecule has 1 N–H and O–H groups in total. The summed E-state index contributed by atoms with van der Waals surface area (Å²) in [6, 6.07) is 4.10. The van der Waals surface area contributed by atoms with Gasteiger partial charge in [-0.05, 0) is 39.3 Å². The molecule has 0 amide bonds. The predicted molar refractivity (Wildman–Crippen MR) is 71.1 cm³/mol. The number of ether oxygens (including phenoxy) is 1. The van der Waals surface area contributed by atoms with Gasteiger partial charge >= 0.3 is 5.97 Å². The second kappa shape index (κ2) is 6.50. The van der Waals surface area contributed by atoms with Gasteiger partial charge in [0, 0.05) is 25.0 Å². The highest BCUT2D eigenvalue weighted by molar-refractivity contribution is 5.70. The van der Waals surface area contributed by atoms with Crippen LogP contribution in [-0.4, -0.2) is 23.1 Å². The Bertz CT molecular complexity index is 371. The molecule has 0 aromatic carbocycles. The van der Waals surface area contributed by atoms with Crippen LogP contribution in [0, 0.1) is 0 Å². The molecule has 1 aromatic heterocycles. The number of carbonyl (C=O) groups is 1. The van der Waals surface area contributed by atoms with Crippen LogP contribution in [-0.2, 0) is 9.53 Å². The van der Waals surface area contributed by atoms with Gasteiger partial charge in [0.15, 0.2) is 0 Å². The van der Waals surface area contributed by atoms with E-state index < -0.39 is 5.60 Å². The zero-order chi connectivity index (χ0) is 13.6. The van der Waals surface area contributed by atoms with Gasteiger partial charge in [0.25, 0.3) is 0 Å². The lowest BCUT2D eigenvalue weighted by Gasteiger charge is -2.20. The monoisotopic (exact) mass is 250 g/mol. The van der Waals surface area contributed by atoms with Gasteiger partial charge in [0.1, 0.15) is 5.60 Å². The summed E-state index contributed by atoms with van der Waals surface area (Å²) in [5.41, 5.74) is 0.702. The van der Waals surface area contributed by atoms with Crippen LogP contribution in [0.1, 0.15) is 45.7 Å². The van der Waals surface area contributed by atoms with E-state index in [1.54, 1.807) is 6.20 Å². The second-order valence-electron chi connectivity index (χ2n) is 5.30. The molecule has 1 heterocycles. The summed E-state index contributed by atoms with van der Waals surface area (Å²) in [6.45, 7) is 8.26. The number of nitrogens with one attached hydrogen (secondary N) is 1. The fraction of sp³-hybridized carbons (Fsp3) is 0.571. The number of hydrogen-bond donors (Lipinski definition) is 1. The molecule has 0 aliphatic heterocycles. The quantitative estimate of drug-likeness (QED) is 0.816. The highest BCUT2D eigenvalue weighted by atomic mass is 16.6. The van der Waals surface area contributed by atoms with E-state index in [2.05, 4.69) is 10.3 Å². The summed E-state index contributed by atoms with van der Waals surface area (Å²) in [5, 5.41) is 3.27. The van der Waals surface area contributed by atoms with Crippen molar-refractivity contribution in [1.29, 1.82) is 0 Å². The molecule has 0 saturated carbocycles. The third-order valence-electron chi connectivity index (χ3n) is 2.38. The average Bonchev–Trinajstić information content (AvgIpc) is 2.27. The largest absolute Gasteiger partial charge is 0.460 e. The van der Waals surface area contributed by atoms with E-state index in [4.69, 9.17) is 4.74 Å². The van der Waals surface area contributed by atoms with Gasteiger partial charge < -0.3 is 10.1 Å². The van der Waals surface area contributed by atoms with Crippen molar-refractivity contribution in [3.8, 4) is 0 Å². The fourth-order valence-corrected chi connectivity index (χ4v) is 1.53. The Morgan fingerprint density at radius 1 is 1.50 bits per heavy atom. The van der Waals surface area contributed by atoms with E-state index in [-0.39, 0.29) is 12.0 Å². The second-order valence-corrected chi connectivity index (χ2v) is 5.30. The first-order valence-electron chi connectivity index (χ1n) is 6.23. The van der Waals surface area contributed by atoms with Crippen molar-refractivity contribution in [3.05, 3.63) is 30.1 Å². The molecular weight excluding hydrogens is 228 g/mol. The molecule has 0 aliphatic rings. The lowest BCUT2D eigenvalue weighted by atomic mass is 10.1. The molecule has 1 atom stereocenters. The molecule has 0 saturated heterocycles. The normalized spacial score (nSPS) is 13.1. The van der Waals surface area contributed by atoms with Gasteiger partial charge in [0.05, 0.1) is 6.42 Å². The maximum Gasteiger partial charge on any atom is 0.307 e. The summed E-state index contributed by atoms with van der Waals surface area (Å²) in [5.74, 6) is -0.173. The highest BCUT2D eigenvalue weighted by Crippen LogP contribution is 2.10. The first kappa shape index (κ1) is 14.6. The Morgan fingerprint density at radius 3 is 2.78 bits per heavy atom. The Hall–Kier alpha value is -1.42. The lowest BCUT2D eigenvalue weighted by Crippen LogP contribution is -2.27. The minimum absolute atomic E-state index is 0.173. The Balaban J connectivity index is 2.28. The van der Waals surface area contributed by atoms with Gasteiger partial charge in [-0.15, -0.1) is 0 Å². The van der Waals surface area contributed by atoms with Gasteiger partial charge in [-0.3, -0.25) is 9.78 Å². The number of aromatic nitrogens is 1. The molecule has 4 heteroatoms. The summed E-state index contributed by atoms with van der Waals surface area (Å²) in [6.07, 6.45) is 3.95. The van der Waals surface area contributed by atoms with Gasteiger partial charge in [-0.1, -0.05) is 6.07 Å². The van der Waals surface area contributed by atoms with Crippen LogP contribution in [0.2, 0.25) is 0 Å². The van der Waals surface area contributed by atoms with Crippen LogP contribution in [0.15, 0.2) is 24.5 Å². The first-order valence-corrected chi connectivity index (χ1v) is 6.23. The number of pyridine rings is 1. The topological polar surface area (TPSA) is 51.2 Å². The van der Waals surface area contributed by atoms with Crippen LogP contribution in [0.3, 0.4) is 0 Å². The van der Waals surface area contributed by atoms with Crippen molar-refractivity contribution in [2.75, 3.05) is 6.54 Å². The van der Waals surface area contributed by atoms with Gasteiger partial charge in [-0.25, -0.2) is 0 Å². The zero-order valence-electron chi connectivity index (χ0n) is 11.6. The lowest BCUT2D eigenvalue weighted by molar-refractivity contribution is -0.154. The van der Waals surface area contributed by atoms with Crippen LogP contribution in [0.4, 0.5) is 0 Å². The molecule has 0 spiro atoms. The van der Waals surface area contributed by atoms with E-state index in [9.17, 15) is 4.79 Å². The maximum absolute atomic E-state index is 11.5. The van der Waals surface area contributed by atoms with Crippen molar-refractivity contribution < 1.29 is 9.53 Å². The van der Waals surface area contributed by atoms with Crippen LogP contribution in [0.25, 0.3) is 0 Å². The van der Waals surface area contributed by atoms with Crippen molar-refractivity contribution in [1.82, 2.24) is 10.3 Å². The molecule has 0 aliphatic carbocycles. The van der Waals surface area contributed by atoms with Crippen molar-refractivity contribution in [3.63, 3.8) is 0 Å². The predicted octanol–water partition coefficient (Wildman–Crippen LogP) is 2.46. The SMILES string of the molecule is C[C@H](NCCC(=O)OC(C)(C)C)c1cccnc1. The highest BCUT2D eigenvalue weighted by Gasteiger charge is 2.16. The van der Waals surface area contributed by atoms with Crippen molar-refractivity contribution >= 4 is 5.97 Å². The molecule has 100 valence electrons. The minimum atomic E-state index is -0.411. The smallest absolute Gasteiger partial charge is 0.307 e. The Kier molecular flexibility index (Phi) is 5.28. The molecule has 0 bridgehead atoms. The molecule has 1 rings (SSSR count). The van der Waals surface area contributed by atoms with E-state index in [0.29, 0.717) is 13.0 Å². The fourth-order valence-electron chi connectivity index (χ4n) is 1.53. The molecule has 4 nitrogen and oxygen atoms in total. The average molecular weight is 250 g/mol. The Morgan fingerprint density at radius 2 is 2.22 bits per heavy atom. The van der Waals surface area contributed by atoms with E-state index in [0.717, 1.165) is 5.56 Å². The van der Waals surface area contributed by atoms with Gasteiger partial charge in [0.2, 0.25) is 0 Å². The number of rotatable bonds is 5. The van der Waals surface area contributed by atoms with Crippen LogP contribution < -0.4 is 5.32 Å². The number of carbonyl (C=O) groups excluding carboxylic acids is 1. The van der Waals surface area contributed by atoms with E-state index in [1.807, 2.05) is 46.0 Å². The molecule has 0 radical (unpaired) electrons. The summed E-state index contributed by atoms with van der Waals surface area (Å²) in [4.78, 5) is 15.6. The van der Waals surface area contributed by atoms with Gasteiger partial charge in [-0.2, -0.15) is 0 Å². The number of nitrogens with zero attached hydrogens (tertiary/aromatic N) is 1. The first-order chi connectivity index (χ1) is 8.38. The van der Waals surface area contributed by atoms with E-state index in [1.165, 1.54) is 0 Å². The maximum atomic E-state index is 11.5. The number of hydrogen-bond acceptors (Lipinski definition) is 4. The molecule has 1 aromatic rings. The minimum Gasteiger partial charge on any atom is -0.460 e. The number of esters is 1. The van der Waals surface area contributed by atoms with Crippen LogP contribution >= 0.6 is 0 Å². The molecule has 0 unspecified atom stereocenters. The summed E-state index contributed by atoms with van der Waals surface area (Å²) >= 11 is 0. The molecular formula is C14H22N2O2. The van der Waals surface area contributed by atoms with Crippen LogP contribution in [0.5, 0.6) is 0 Å². The zero-order valence-corrected chi connectivity index (χ0v) is 11.6.